The Morgan fingerprint density at radius 3 is 2.72 bits per heavy atom. The molecule has 6 nitrogen and oxygen atoms in total. The summed E-state index contributed by atoms with van der Waals surface area (Å²) in [5.41, 5.74) is 0.474. The smallest absolute Gasteiger partial charge is 0.251 e. The van der Waals surface area contributed by atoms with E-state index in [-0.39, 0.29) is 5.91 Å². The molecule has 0 aromatic heterocycles. The van der Waals surface area contributed by atoms with Gasteiger partial charge in [0.2, 0.25) is 0 Å². The zero-order chi connectivity index (χ0) is 17.7. The molecule has 6 heteroatoms. The minimum absolute atomic E-state index is 0.163. The molecule has 0 radical (unpaired) electrons. The third kappa shape index (κ3) is 4.57. The Hall–Kier alpha value is -1.94. The van der Waals surface area contributed by atoms with Crippen molar-refractivity contribution >= 4 is 5.91 Å². The molecule has 1 atom stereocenters. The maximum Gasteiger partial charge on any atom is 0.251 e. The average molecular weight is 342 g/mol. The van der Waals surface area contributed by atoms with E-state index >= 15 is 0 Å². The van der Waals surface area contributed by atoms with Gasteiger partial charge in [0.05, 0.1) is 12.7 Å². The summed E-state index contributed by atoms with van der Waals surface area (Å²) in [7, 11) is 2.04. The second kappa shape index (κ2) is 7.96. The number of piperidine rings is 1. The van der Waals surface area contributed by atoms with Crippen molar-refractivity contribution < 1.29 is 9.53 Å². The molecule has 1 N–H and O–H groups in total. The number of nitriles is 1. The maximum absolute atomic E-state index is 12.7. The predicted octanol–water partition coefficient (Wildman–Crippen LogP) is 0.992. The fourth-order valence-electron chi connectivity index (χ4n) is 3.43. The number of carbonyl (C=O) groups is 1. The van der Waals surface area contributed by atoms with Crippen molar-refractivity contribution in [2.75, 3.05) is 39.8 Å². The first-order valence-corrected chi connectivity index (χ1v) is 8.90. The molecule has 0 saturated carbocycles. The number of nitrogens with one attached hydrogen (secondary N) is 1. The average Bonchev–Trinajstić information content (AvgIpc) is 2.65. The number of carbonyl (C=O) groups excluding carboxylic acids is 1. The van der Waals surface area contributed by atoms with Crippen LogP contribution in [0.3, 0.4) is 0 Å². The first-order valence-electron chi connectivity index (χ1n) is 8.90. The highest BCUT2D eigenvalue weighted by molar-refractivity contribution is 5.82. The molecule has 1 amide bonds. The topological polar surface area (TPSA) is 68.6 Å². The number of morpholine rings is 1. The predicted molar refractivity (Wildman–Crippen MR) is 94.7 cm³/mol. The van der Waals surface area contributed by atoms with Gasteiger partial charge >= 0.3 is 0 Å². The van der Waals surface area contributed by atoms with Gasteiger partial charge in [-0.15, -0.1) is 0 Å². The zero-order valence-electron chi connectivity index (χ0n) is 14.8. The lowest BCUT2D eigenvalue weighted by atomic mass is 9.89. The van der Waals surface area contributed by atoms with Crippen LogP contribution in [-0.2, 0) is 16.1 Å². The van der Waals surface area contributed by atoms with Gasteiger partial charge in [-0.25, -0.2) is 0 Å². The molecule has 1 aromatic carbocycles. The Morgan fingerprint density at radius 1 is 1.32 bits per heavy atom. The Bertz CT molecular complexity index is 620. The molecule has 25 heavy (non-hydrogen) atoms. The van der Waals surface area contributed by atoms with E-state index in [2.05, 4.69) is 33.3 Å². The van der Waals surface area contributed by atoms with Gasteiger partial charge in [-0.05, 0) is 25.5 Å². The molecule has 2 fully saturated rings. The van der Waals surface area contributed by atoms with Crippen molar-refractivity contribution in [3.63, 3.8) is 0 Å². The van der Waals surface area contributed by atoms with Crippen LogP contribution in [0.15, 0.2) is 30.3 Å². The van der Waals surface area contributed by atoms with E-state index in [1.165, 1.54) is 5.56 Å². The molecule has 2 aliphatic rings. The largest absolute Gasteiger partial charge is 0.366 e. The van der Waals surface area contributed by atoms with Crippen LogP contribution in [0.2, 0.25) is 0 Å². The van der Waals surface area contributed by atoms with E-state index in [1.54, 1.807) is 0 Å². The summed E-state index contributed by atoms with van der Waals surface area (Å²) in [5, 5.41) is 12.6. The number of hydrogen-bond acceptors (Lipinski definition) is 5. The minimum atomic E-state index is -0.755. The Kier molecular flexibility index (Phi) is 5.69. The van der Waals surface area contributed by atoms with E-state index < -0.39 is 11.6 Å². The Labute approximate surface area is 149 Å². The summed E-state index contributed by atoms with van der Waals surface area (Å²) in [5.74, 6) is -0.163. The fourth-order valence-corrected chi connectivity index (χ4v) is 3.43. The summed E-state index contributed by atoms with van der Waals surface area (Å²) in [4.78, 5) is 17.1. The van der Waals surface area contributed by atoms with Crippen molar-refractivity contribution in [1.29, 1.82) is 5.26 Å². The SMILES string of the molecule is CN1CCC(C#N)(NC(=O)[C@@H]2CN(Cc3ccccc3)CCO2)CC1. The van der Waals surface area contributed by atoms with Crippen molar-refractivity contribution in [3.05, 3.63) is 35.9 Å². The highest BCUT2D eigenvalue weighted by Gasteiger charge is 2.38. The molecule has 0 spiro atoms. The van der Waals surface area contributed by atoms with Gasteiger partial charge in [0.1, 0.15) is 11.6 Å². The number of likely N-dealkylation sites (tertiary alicyclic amines) is 1. The molecular formula is C19H26N4O2. The molecule has 1 aromatic rings. The first kappa shape index (κ1) is 17.9. The first-order chi connectivity index (χ1) is 12.1. The zero-order valence-corrected chi connectivity index (χ0v) is 14.8. The molecule has 2 saturated heterocycles. The standard InChI is InChI=1S/C19H26N4O2/c1-22-9-7-19(15-20,8-10-22)21-18(24)17-14-23(11-12-25-17)13-16-5-3-2-4-6-16/h2-6,17H,7-14H2,1H3,(H,21,24)/t17-/m0/s1. The molecule has 134 valence electrons. The van der Waals surface area contributed by atoms with Gasteiger partial charge in [0, 0.05) is 32.7 Å². The molecule has 2 aliphatic heterocycles. The van der Waals surface area contributed by atoms with Gasteiger partial charge in [-0.2, -0.15) is 5.26 Å². The van der Waals surface area contributed by atoms with E-state index in [9.17, 15) is 10.1 Å². The second-order valence-electron chi connectivity index (χ2n) is 7.07. The van der Waals surface area contributed by atoms with Gasteiger partial charge in [0.15, 0.2) is 0 Å². The van der Waals surface area contributed by atoms with Crippen LogP contribution in [-0.4, -0.2) is 67.2 Å². The van der Waals surface area contributed by atoms with Gasteiger partial charge in [0.25, 0.3) is 5.91 Å². The molecular weight excluding hydrogens is 316 g/mol. The Balaban J connectivity index is 1.57. The second-order valence-corrected chi connectivity index (χ2v) is 7.07. The number of ether oxygens (including phenoxy) is 1. The van der Waals surface area contributed by atoms with Crippen LogP contribution in [0.4, 0.5) is 0 Å². The fraction of sp³-hybridized carbons (Fsp3) is 0.579. The third-order valence-corrected chi connectivity index (χ3v) is 5.11. The number of rotatable bonds is 4. The van der Waals surface area contributed by atoms with Crippen LogP contribution < -0.4 is 5.32 Å². The molecule has 0 unspecified atom stereocenters. The van der Waals surface area contributed by atoms with Gasteiger partial charge < -0.3 is 15.0 Å². The van der Waals surface area contributed by atoms with Crippen molar-refractivity contribution in [2.24, 2.45) is 0 Å². The highest BCUT2D eigenvalue weighted by atomic mass is 16.5. The van der Waals surface area contributed by atoms with Crippen molar-refractivity contribution in [3.8, 4) is 6.07 Å². The van der Waals surface area contributed by atoms with Gasteiger partial charge in [-0.1, -0.05) is 30.3 Å². The van der Waals surface area contributed by atoms with Crippen molar-refractivity contribution in [1.82, 2.24) is 15.1 Å². The van der Waals surface area contributed by atoms with E-state index in [0.29, 0.717) is 26.0 Å². The van der Waals surface area contributed by atoms with Crippen LogP contribution in [0.5, 0.6) is 0 Å². The Morgan fingerprint density at radius 2 is 2.04 bits per heavy atom. The lowest BCUT2D eigenvalue weighted by Crippen LogP contribution is -2.58. The lowest BCUT2D eigenvalue weighted by Gasteiger charge is -2.38. The normalized spacial score (nSPS) is 24.4. The number of nitrogens with zero attached hydrogens (tertiary/aromatic N) is 3. The third-order valence-electron chi connectivity index (χ3n) is 5.11. The van der Waals surface area contributed by atoms with E-state index in [0.717, 1.165) is 26.2 Å². The molecule has 0 aliphatic carbocycles. The van der Waals surface area contributed by atoms with E-state index in [4.69, 9.17) is 4.74 Å². The van der Waals surface area contributed by atoms with Crippen LogP contribution in [0, 0.1) is 11.3 Å². The number of hydrogen-bond donors (Lipinski definition) is 1. The number of amides is 1. The van der Waals surface area contributed by atoms with Crippen LogP contribution in [0.1, 0.15) is 18.4 Å². The summed E-state index contributed by atoms with van der Waals surface area (Å²) < 4.78 is 5.69. The lowest BCUT2D eigenvalue weighted by molar-refractivity contribution is -0.140. The summed E-state index contributed by atoms with van der Waals surface area (Å²) in [6.07, 6.45) is 0.806. The summed E-state index contributed by atoms with van der Waals surface area (Å²) in [6.45, 7) is 4.35. The van der Waals surface area contributed by atoms with Crippen LogP contribution >= 0.6 is 0 Å². The maximum atomic E-state index is 12.7. The van der Waals surface area contributed by atoms with Crippen LogP contribution in [0.25, 0.3) is 0 Å². The van der Waals surface area contributed by atoms with Crippen molar-refractivity contribution in [2.45, 2.75) is 31.0 Å². The minimum Gasteiger partial charge on any atom is -0.366 e. The van der Waals surface area contributed by atoms with E-state index in [1.807, 2.05) is 25.2 Å². The van der Waals surface area contributed by atoms with Gasteiger partial charge in [-0.3, -0.25) is 9.69 Å². The molecule has 0 bridgehead atoms. The molecule has 3 rings (SSSR count). The summed E-state index contributed by atoms with van der Waals surface area (Å²) in [6, 6.07) is 12.6. The quantitative estimate of drug-likeness (QED) is 0.884. The molecule has 2 heterocycles. The number of benzene rings is 1. The monoisotopic (exact) mass is 342 g/mol. The highest BCUT2D eigenvalue weighted by Crippen LogP contribution is 2.21. The summed E-state index contributed by atoms with van der Waals surface area (Å²) >= 11 is 0.